The van der Waals surface area contributed by atoms with Crippen LogP contribution in [0.5, 0.6) is 5.75 Å². The zero-order valence-electron chi connectivity index (χ0n) is 8.64. The van der Waals surface area contributed by atoms with Gasteiger partial charge in [0.25, 0.3) is 5.91 Å². The highest BCUT2D eigenvalue weighted by atomic mass is 31.2. The van der Waals surface area contributed by atoms with Gasteiger partial charge in [0.1, 0.15) is 5.75 Å². The summed E-state index contributed by atoms with van der Waals surface area (Å²) >= 11 is 0. The average Bonchev–Trinajstić information content (AvgIpc) is 2.15. The van der Waals surface area contributed by atoms with E-state index in [0.717, 1.165) is 0 Å². The number of benzene rings is 1. The molecule has 0 spiro atoms. The number of nitrogens with one attached hydrogen (secondary N) is 2. The van der Waals surface area contributed by atoms with Crippen LogP contribution in [-0.2, 0) is 9.36 Å². The van der Waals surface area contributed by atoms with Crippen molar-refractivity contribution in [3.05, 3.63) is 42.1 Å². The minimum absolute atomic E-state index is 0.421. The Hall–Kier alpha value is -1.74. The Balaban J connectivity index is 2.19. The Morgan fingerprint density at radius 1 is 1.19 bits per heavy atom. The average molecular weight is 238 g/mol. The number of amides is 1. The molecule has 1 atom stereocenters. The van der Waals surface area contributed by atoms with Crippen LogP contribution in [0.1, 0.15) is 6.92 Å². The molecule has 0 bridgehead atoms. The smallest absolute Gasteiger partial charge is 0.414 e. The van der Waals surface area contributed by atoms with Crippen molar-refractivity contribution >= 4 is 13.6 Å². The molecule has 1 heterocycles. The van der Waals surface area contributed by atoms with Gasteiger partial charge in [-0.05, 0) is 19.1 Å². The molecule has 5 nitrogen and oxygen atoms in total. The van der Waals surface area contributed by atoms with Crippen molar-refractivity contribution in [3.8, 4) is 5.75 Å². The normalized spacial score (nSPS) is 24.1. The fraction of sp³-hybridized carbons (Fsp3) is 0.100. The van der Waals surface area contributed by atoms with Crippen molar-refractivity contribution in [1.82, 2.24) is 10.2 Å². The number of allylic oxidation sites excluding steroid dienone is 1. The molecule has 0 aliphatic carbocycles. The number of carbonyl (C=O) groups is 1. The van der Waals surface area contributed by atoms with E-state index in [9.17, 15) is 9.36 Å². The van der Waals surface area contributed by atoms with Gasteiger partial charge in [-0.25, -0.2) is 4.57 Å². The predicted octanol–water partition coefficient (Wildman–Crippen LogP) is 1.80. The van der Waals surface area contributed by atoms with Crippen molar-refractivity contribution in [2.45, 2.75) is 6.92 Å². The molecular formula is C10H11N2O3P. The first-order valence-corrected chi connectivity index (χ1v) is 6.33. The van der Waals surface area contributed by atoms with E-state index >= 15 is 0 Å². The summed E-state index contributed by atoms with van der Waals surface area (Å²) in [6.45, 7) is 1.65. The van der Waals surface area contributed by atoms with Crippen LogP contribution in [0.4, 0.5) is 0 Å². The Morgan fingerprint density at radius 3 is 2.50 bits per heavy atom. The molecule has 1 aliphatic rings. The summed E-state index contributed by atoms with van der Waals surface area (Å²) < 4.78 is 17.4. The van der Waals surface area contributed by atoms with Crippen LogP contribution in [-0.4, -0.2) is 5.91 Å². The lowest BCUT2D eigenvalue weighted by atomic mass is 10.3. The Morgan fingerprint density at radius 2 is 1.88 bits per heavy atom. The minimum atomic E-state index is -3.37. The van der Waals surface area contributed by atoms with E-state index in [1.807, 2.05) is 6.07 Å². The lowest BCUT2D eigenvalue weighted by molar-refractivity contribution is -0.115. The van der Waals surface area contributed by atoms with Crippen molar-refractivity contribution in [1.29, 1.82) is 0 Å². The predicted molar refractivity (Wildman–Crippen MR) is 59.7 cm³/mol. The van der Waals surface area contributed by atoms with Gasteiger partial charge in [0.15, 0.2) is 0 Å². The molecule has 2 N–H and O–H groups in total. The van der Waals surface area contributed by atoms with E-state index in [1.165, 1.54) is 6.08 Å². The molecule has 0 saturated carbocycles. The maximum Gasteiger partial charge on any atom is 0.446 e. The standard InChI is InChI=1S/C10H11N2O3P/c1-8-7-10(13)12-16(14,11-8)15-9-5-3-2-4-6-9/h2-7H,1H3,(H2,11,12,13,14)/t16-/m1/s1. The van der Waals surface area contributed by atoms with E-state index in [4.69, 9.17) is 4.52 Å². The molecule has 1 aromatic rings. The van der Waals surface area contributed by atoms with Crippen LogP contribution in [0.25, 0.3) is 0 Å². The van der Waals surface area contributed by atoms with Crippen molar-refractivity contribution < 1.29 is 13.9 Å². The monoisotopic (exact) mass is 238 g/mol. The molecule has 0 aromatic heterocycles. The summed E-state index contributed by atoms with van der Waals surface area (Å²) in [4.78, 5) is 11.2. The van der Waals surface area contributed by atoms with E-state index in [1.54, 1.807) is 31.2 Å². The van der Waals surface area contributed by atoms with Gasteiger partial charge in [-0.15, -0.1) is 0 Å². The molecule has 6 heteroatoms. The van der Waals surface area contributed by atoms with Crippen molar-refractivity contribution in [2.75, 3.05) is 0 Å². The molecule has 1 aromatic carbocycles. The molecule has 84 valence electrons. The van der Waals surface area contributed by atoms with Gasteiger partial charge >= 0.3 is 7.67 Å². The van der Waals surface area contributed by atoms with E-state index in [2.05, 4.69) is 10.2 Å². The number of para-hydroxylation sites is 1. The fourth-order valence-corrected chi connectivity index (χ4v) is 2.79. The van der Waals surface area contributed by atoms with Gasteiger partial charge in [-0.1, -0.05) is 18.2 Å². The summed E-state index contributed by atoms with van der Waals surface area (Å²) in [6.07, 6.45) is 1.32. The van der Waals surface area contributed by atoms with E-state index in [0.29, 0.717) is 11.4 Å². The molecule has 1 amide bonds. The minimum Gasteiger partial charge on any atom is -0.414 e. The van der Waals surface area contributed by atoms with Crippen LogP contribution in [0.3, 0.4) is 0 Å². The lowest BCUT2D eigenvalue weighted by Crippen LogP contribution is -2.33. The van der Waals surface area contributed by atoms with Crippen LogP contribution in [0.15, 0.2) is 42.1 Å². The van der Waals surface area contributed by atoms with Crippen LogP contribution in [0, 0.1) is 0 Å². The maximum atomic E-state index is 12.1. The topological polar surface area (TPSA) is 67.4 Å². The fourth-order valence-electron chi connectivity index (χ4n) is 1.34. The second-order valence-corrected chi connectivity index (χ2v) is 5.10. The van der Waals surface area contributed by atoms with Gasteiger partial charge < -0.3 is 4.52 Å². The molecule has 0 unspecified atom stereocenters. The highest BCUT2D eigenvalue weighted by Crippen LogP contribution is 2.41. The quantitative estimate of drug-likeness (QED) is 0.771. The second-order valence-electron chi connectivity index (χ2n) is 3.37. The Kier molecular flexibility index (Phi) is 2.71. The van der Waals surface area contributed by atoms with E-state index < -0.39 is 13.6 Å². The molecule has 0 saturated heterocycles. The first kappa shape index (κ1) is 10.8. The number of hydrogen-bond acceptors (Lipinski definition) is 3. The summed E-state index contributed by atoms with van der Waals surface area (Å²) in [5.74, 6) is 0.0175. The molecule has 0 fully saturated rings. The molecule has 1 aliphatic heterocycles. The van der Waals surface area contributed by atoms with E-state index in [-0.39, 0.29) is 0 Å². The van der Waals surface area contributed by atoms with Gasteiger partial charge in [0.2, 0.25) is 0 Å². The first-order chi connectivity index (χ1) is 7.57. The zero-order valence-corrected chi connectivity index (χ0v) is 9.53. The number of rotatable bonds is 2. The van der Waals surface area contributed by atoms with Crippen LogP contribution >= 0.6 is 7.67 Å². The first-order valence-electron chi connectivity index (χ1n) is 4.71. The Bertz CT molecular complexity index is 484. The summed E-state index contributed by atoms with van der Waals surface area (Å²) in [5.41, 5.74) is 0.517. The van der Waals surface area contributed by atoms with Crippen LogP contribution < -0.4 is 14.7 Å². The lowest BCUT2D eigenvalue weighted by Gasteiger charge is -2.24. The Labute approximate surface area is 93.1 Å². The maximum absolute atomic E-state index is 12.1. The second kappa shape index (κ2) is 4.02. The molecule has 2 rings (SSSR count). The third-order valence-corrected chi connectivity index (χ3v) is 3.54. The highest BCUT2D eigenvalue weighted by Gasteiger charge is 2.30. The third kappa shape index (κ3) is 2.44. The summed E-state index contributed by atoms with van der Waals surface area (Å²) in [5, 5.41) is 4.91. The van der Waals surface area contributed by atoms with Gasteiger partial charge in [-0.3, -0.25) is 15.0 Å². The zero-order chi connectivity index (χ0) is 11.6. The number of hydrogen-bond donors (Lipinski definition) is 2. The molecular weight excluding hydrogens is 227 g/mol. The van der Waals surface area contributed by atoms with Gasteiger partial charge in [-0.2, -0.15) is 0 Å². The van der Waals surface area contributed by atoms with Gasteiger partial charge in [0, 0.05) is 11.8 Å². The highest BCUT2D eigenvalue weighted by molar-refractivity contribution is 7.56. The third-order valence-electron chi connectivity index (χ3n) is 1.91. The van der Waals surface area contributed by atoms with Crippen LogP contribution in [0.2, 0.25) is 0 Å². The van der Waals surface area contributed by atoms with Crippen molar-refractivity contribution in [2.24, 2.45) is 0 Å². The molecule has 16 heavy (non-hydrogen) atoms. The van der Waals surface area contributed by atoms with Gasteiger partial charge in [0.05, 0.1) is 0 Å². The van der Waals surface area contributed by atoms with Crippen molar-refractivity contribution in [3.63, 3.8) is 0 Å². The molecule has 0 radical (unpaired) electrons. The summed E-state index contributed by atoms with van der Waals surface area (Å²) in [6, 6.07) is 8.68. The largest absolute Gasteiger partial charge is 0.446 e. The number of carbonyl (C=O) groups excluding carboxylic acids is 1. The summed E-state index contributed by atoms with van der Waals surface area (Å²) in [7, 11) is -3.37. The SMILES string of the molecule is CC1=CC(=O)N[P@](=O)(Oc2ccccc2)N1.